The van der Waals surface area contributed by atoms with Gasteiger partial charge in [0.05, 0.1) is 18.9 Å². The van der Waals surface area contributed by atoms with E-state index in [0.29, 0.717) is 5.71 Å². The number of hydrogen-bond donors (Lipinski definition) is 2. The first-order chi connectivity index (χ1) is 13.8. The van der Waals surface area contributed by atoms with Crippen molar-refractivity contribution in [2.24, 2.45) is 5.10 Å². The van der Waals surface area contributed by atoms with Crippen LogP contribution in [0.3, 0.4) is 0 Å². The molecule has 0 aliphatic carbocycles. The van der Waals surface area contributed by atoms with E-state index in [1.807, 2.05) is 31.2 Å². The standard InChI is InChI=1S/C20H27N5O4/c1-14(15-4-6-16(7-5-15)24-10-12-29-13-11-24)22-23-17(26)8-9-25-18(27)20(2,3)21-19(25)28/h4-7H,8-13H2,1-3H3,(H,21,28)(H,23,26)/b22-14-. The molecule has 0 bridgehead atoms. The van der Waals surface area contributed by atoms with Crippen molar-refractivity contribution in [2.75, 3.05) is 37.7 Å². The van der Waals surface area contributed by atoms with Crippen molar-refractivity contribution in [1.82, 2.24) is 15.6 Å². The van der Waals surface area contributed by atoms with Gasteiger partial charge in [0, 0.05) is 31.7 Å². The molecule has 4 amide bonds. The van der Waals surface area contributed by atoms with Crippen molar-refractivity contribution < 1.29 is 19.1 Å². The van der Waals surface area contributed by atoms with E-state index in [4.69, 9.17) is 4.74 Å². The number of nitrogens with one attached hydrogen (secondary N) is 2. The first-order valence-electron chi connectivity index (χ1n) is 9.68. The minimum atomic E-state index is -0.935. The molecule has 2 aliphatic rings. The van der Waals surface area contributed by atoms with Crippen LogP contribution in [0.4, 0.5) is 10.5 Å². The van der Waals surface area contributed by atoms with Crippen molar-refractivity contribution in [1.29, 1.82) is 0 Å². The van der Waals surface area contributed by atoms with Crippen LogP contribution < -0.4 is 15.6 Å². The molecule has 9 nitrogen and oxygen atoms in total. The maximum atomic E-state index is 12.1. The third-order valence-corrected chi connectivity index (χ3v) is 5.02. The molecule has 9 heteroatoms. The van der Waals surface area contributed by atoms with E-state index in [-0.39, 0.29) is 24.8 Å². The van der Waals surface area contributed by atoms with Crippen molar-refractivity contribution >= 4 is 29.2 Å². The van der Waals surface area contributed by atoms with Crippen LogP contribution in [0.5, 0.6) is 0 Å². The fourth-order valence-corrected chi connectivity index (χ4v) is 3.24. The number of imide groups is 1. The molecule has 3 rings (SSSR count). The van der Waals surface area contributed by atoms with Gasteiger partial charge in [0.15, 0.2) is 0 Å². The molecule has 1 aromatic carbocycles. The van der Waals surface area contributed by atoms with Gasteiger partial charge in [-0.1, -0.05) is 12.1 Å². The number of benzene rings is 1. The number of nitrogens with zero attached hydrogens (tertiary/aromatic N) is 3. The summed E-state index contributed by atoms with van der Waals surface area (Å²) < 4.78 is 5.37. The summed E-state index contributed by atoms with van der Waals surface area (Å²) in [6.45, 7) is 8.30. The highest BCUT2D eigenvalue weighted by Crippen LogP contribution is 2.18. The van der Waals surface area contributed by atoms with Crippen LogP contribution >= 0.6 is 0 Å². The number of hydrogen-bond acceptors (Lipinski definition) is 6. The zero-order valence-corrected chi connectivity index (χ0v) is 17.0. The average Bonchev–Trinajstić information content (AvgIpc) is 2.92. The predicted molar refractivity (Wildman–Crippen MR) is 109 cm³/mol. The second kappa shape index (κ2) is 8.60. The maximum Gasteiger partial charge on any atom is 0.325 e. The Morgan fingerprint density at radius 1 is 1.21 bits per heavy atom. The van der Waals surface area contributed by atoms with Crippen molar-refractivity contribution in [2.45, 2.75) is 32.7 Å². The van der Waals surface area contributed by atoms with E-state index < -0.39 is 11.6 Å². The number of urea groups is 1. The highest BCUT2D eigenvalue weighted by molar-refractivity contribution is 6.06. The number of ether oxygens (including phenoxy) is 1. The number of amides is 4. The molecule has 0 aromatic heterocycles. The zero-order chi connectivity index (χ0) is 21.0. The highest BCUT2D eigenvalue weighted by atomic mass is 16.5. The van der Waals surface area contributed by atoms with Crippen LogP contribution in [0.2, 0.25) is 0 Å². The minimum absolute atomic E-state index is 0.0119. The van der Waals surface area contributed by atoms with Gasteiger partial charge >= 0.3 is 6.03 Å². The Hall–Kier alpha value is -2.94. The van der Waals surface area contributed by atoms with Gasteiger partial charge in [-0.15, -0.1) is 0 Å². The van der Waals surface area contributed by atoms with Gasteiger partial charge < -0.3 is 15.0 Å². The largest absolute Gasteiger partial charge is 0.378 e. The van der Waals surface area contributed by atoms with Crippen molar-refractivity contribution in [3.05, 3.63) is 29.8 Å². The van der Waals surface area contributed by atoms with Gasteiger partial charge in [0.1, 0.15) is 5.54 Å². The summed E-state index contributed by atoms with van der Waals surface area (Å²) in [4.78, 5) is 39.3. The molecular weight excluding hydrogens is 374 g/mol. The van der Waals surface area contributed by atoms with Crippen LogP contribution in [-0.2, 0) is 14.3 Å². The summed E-state index contributed by atoms with van der Waals surface area (Å²) in [5, 5.41) is 6.71. The summed E-state index contributed by atoms with van der Waals surface area (Å²) in [6, 6.07) is 7.51. The second-order valence-electron chi connectivity index (χ2n) is 7.64. The number of carbonyl (C=O) groups is 3. The average molecular weight is 401 g/mol. The minimum Gasteiger partial charge on any atom is -0.378 e. The lowest BCUT2D eigenvalue weighted by Gasteiger charge is -2.28. The molecule has 2 heterocycles. The summed E-state index contributed by atoms with van der Waals surface area (Å²) in [6.07, 6.45) is -0.0119. The fourth-order valence-electron chi connectivity index (χ4n) is 3.24. The predicted octanol–water partition coefficient (Wildman–Crippen LogP) is 1.08. The molecule has 0 spiro atoms. The second-order valence-corrected chi connectivity index (χ2v) is 7.64. The molecule has 2 aliphatic heterocycles. The molecule has 1 aromatic rings. The smallest absolute Gasteiger partial charge is 0.325 e. The number of carbonyl (C=O) groups excluding carboxylic acids is 3. The Labute approximate surface area is 170 Å². The molecule has 2 N–H and O–H groups in total. The van der Waals surface area contributed by atoms with Crippen LogP contribution in [0.15, 0.2) is 29.4 Å². The molecule has 0 radical (unpaired) electrons. The Kier molecular flexibility index (Phi) is 6.17. The van der Waals surface area contributed by atoms with Crippen LogP contribution in [-0.4, -0.2) is 66.8 Å². The molecule has 2 fully saturated rings. The third-order valence-electron chi connectivity index (χ3n) is 5.02. The Morgan fingerprint density at radius 3 is 2.45 bits per heavy atom. The lowest BCUT2D eigenvalue weighted by molar-refractivity contribution is -0.130. The highest BCUT2D eigenvalue weighted by Gasteiger charge is 2.43. The van der Waals surface area contributed by atoms with E-state index in [0.717, 1.165) is 42.5 Å². The van der Waals surface area contributed by atoms with E-state index in [1.54, 1.807) is 13.8 Å². The van der Waals surface area contributed by atoms with E-state index in [9.17, 15) is 14.4 Å². The normalized spacial score (nSPS) is 19.3. The Balaban J connectivity index is 1.50. The number of rotatable bonds is 6. The van der Waals surface area contributed by atoms with Gasteiger partial charge in [-0.2, -0.15) is 5.10 Å². The number of morpholine rings is 1. The van der Waals surface area contributed by atoms with Crippen LogP contribution in [0.1, 0.15) is 32.8 Å². The summed E-state index contributed by atoms with van der Waals surface area (Å²) >= 11 is 0. The lowest BCUT2D eigenvalue weighted by Crippen LogP contribution is -2.40. The van der Waals surface area contributed by atoms with Gasteiger partial charge in [0.25, 0.3) is 5.91 Å². The number of anilines is 1. The van der Waals surface area contributed by atoms with Crippen LogP contribution in [0, 0.1) is 0 Å². The Morgan fingerprint density at radius 2 is 1.86 bits per heavy atom. The van der Waals surface area contributed by atoms with Gasteiger partial charge in [-0.25, -0.2) is 10.2 Å². The van der Waals surface area contributed by atoms with Gasteiger partial charge in [-0.05, 0) is 38.5 Å². The summed E-state index contributed by atoms with van der Waals surface area (Å²) in [5.41, 5.74) is 4.25. The molecular formula is C20H27N5O4. The molecule has 0 saturated carbocycles. The first kappa shape index (κ1) is 20.8. The summed E-state index contributed by atoms with van der Waals surface area (Å²) in [5.74, 6) is -0.699. The van der Waals surface area contributed by atoms with E-state index in [1.165, 1.54) is 0 Å². The number of hydrazone groups is 1. The third kappa shape index (κ3) is 4.92. The van der Waals surface area contributed by atoms with Gasteiger partial charge in [0.2, 0.25) is 5.91 Å². The van der Waals surface area contributed by atoms with Crippen molar-refractivity contribution in [3.63, 3.8) is 0 Å². The molecule has 2 saturated heterocycles. The van der Waals surface area contributed by atoms with E-state index in [2.05, 4.69) is 20.7 Å². The molecule has 0 atom stereocenters. The van der Waals surface area contributed by atoms with Crippen LogP contribution in [0.25, 0.3) is 0 Å². The Bertz CT molecular complexity index is 813. The maximum absolute atomic E-state index is 12.1. The molecule has 0 unspecified atom stereocenters. The van der Waals surface area contributed by atoms with Crippen molar-refractivity contribution in [3.8, 4) is 0 Å². The quantitative estimate of drug-likeness (QED) is 0.422. The zero-order valence-electron chi connectivity index (χ0n) is 17.0. The topological polar surface area (TPSA) is 103 Å². The lowest BCUT2D eigenvalue weighted by atomic mass is 10.1. The molecule has 156 valence electrons. The summed E-state index contributed by atoms with van der Waals surface area (Å²) in [7, 11) is 0. The van der Waals surface area contributed by atoms with Gasteiger partial charge in [-0.3, -0.25) is 14.5 Å². The first-order valence-corrected chi connectivity index (χ1v) is 9.68. The molecule has 29 heavy (non-hydrogen) atoms. The van der Waals surface area contributed by atoms with E-state index >= 15 is 0 Å². The SMILES string of the molecule is C/C(=N/NC(=O)CCN1C(=O)NC(C)(C)C1=O)c1ccc(N2CCOCC2)cc1. The monoisotopic (exact) mass is 401 g/mol. The fraction of sp³-hybridized carbons (Fsp3) is 0.500.